The van der Waals surface area contributed by atoms with Crippen molar-refractivity contribution in [3.8, 4) is 0 Å². The van der Waals surface area contributed by atoms with Crippen molar-refractivity contribution in [1.82, 2.24) is 19.8 Å². The van der Waals surface area contributed by atoms with Gasteiger partial charge < -0.3 is 9.64 Å². The van der Waals surface area contributed by atoms with E-state index in [1.807, 2.05) is 42.3 Å². The number of nitrogens with zero attached hydrogens (tertiary/aromatic N) is 4. The van der Waals surface area contributed by atoms with Crippen LogP contribution in [0.2, 0.25) is 10.0 Å². The summed E-state index contributed by atoms with van der Waals surface area (Å²) in [5.74, 6) is 0.439. The molecule has 5 rings (SSSR count). The Labute approximate surface area is 216 Å². The van der Waals surface area contributed by atoms with E-state index in [0.717, 1.165) is 57.2 Å². The zero-order valence-corrected chi connectivity index (χ0v) is 21.4. The SMILES string of the molecule is CO[C@@H]1CN(C2CCN(C(=O)c3ccc4cccnc4n3)CC2)CCC1Cc1ccc(Cl)c(Cl)c1. The average molecular weight is 513 g/mol. The molecule has 8 heteroatoms. The van der Waals surface area contributed by atoms with Gasteiger partial charge in [0.25, 0.3) is 5.91 Å². The molecule has 1 amide bonds. The summed E-state index contributed by atoms with van der Waals surface area (Å²) >= 11 is 12.3. The van der Waals surface area contributed by atoms with Crippen molar-refractivity contribution < 1.29 is 9.53 Å². The summed E-state index contributed by atoms with van der Waals surface area (Å²) in [6.07, 6.45) is 5.81. The van der Waals surface area contributed by atoms with Gasteiger partial charge >= 0.3 is 0 Å². The number of halogens is 2. The van der Waals surface area contributed by atoms with E-state index in [2.05, 4.69) is 20.9 Å². The molecule has 2 aromatic heterocycles. The average Bonchev–Trinajstić information content (AvgIpc) is 2.90. The van der Waals surface area contributed by atoms with E-state index in [-0.39, 0.29) is 12.0 Å². The zero-order chi connectivity index (χ0) is 24.4. The molecule has 6 nitrogen and oxygen atoms in total. The monoisotopic (exact) mass is 512 g/mol. The number of pyridine rings is 2. The van der Waals surface area contributed by atoms with Gasteiger partial charge in [-0.25, -0.2) is 9.97 Å². The van der Waals surface area contributed by atoms with Crippen LogP contribution in [0.3, 0.4) is 0 Å². The molecule has 2 fully saturated rings. The summed E-state index contributed by atoms with van der Waals surface area (Å²) < 4.78 is 5.92. The lowest BCUT2D eigenvalue weighted by Crippen LogP contribution is -2.53. The van der Waals surface area contributed by atoms with Gasteiger partial charge in [-0.15, -0.1) is 0 Å². The van der Waals surface area contributed by atoms with Crippen LogP contribution < -0.4 is 0 Å². The fraction of sp³-hybridized carbons (Fsp3) is 0.444. The Balaban J connectivity index is 1.16. The first-order valence-corrected chi connectivity index (χ1v) is 13.0. The molecule has 0 saturated carbocycles. The molecule has 0 N–H and O–H groups in total. The zero-order valence-electron chi connectivity index (χ0n) is 19.9. The third-order valence-corrected chi connectivity index (χ3v) is 8.20. The number of hydrogen-bond donors (Lipinski definition) is 0. The molecule has 0 bridgehead atoms. The van der Waals surface area contributed by atoms with Crippen molar-refractivity contribution in [3.63, 3.8) is 0 Å². The third kappa shape index (κ3) is 5.46. The predicted octanol–water partition coefficient (Wildman–Crippen LogP) is 5.12. The molecular weight excluding hydrogens is 483 g/mol. The lowest BCUT2D eigenvalue weighted by molar-refractivity contribution is -0.0326. The molecule has 2 aliphatic heterocycles. The van der Waals surface area contributed by atoms with E-state index < -0.39 is 0 Å². The standard InChI is InChI=1S/C27H30Cl2N4O2/c1-35-25-17-33(12-8-20(25)15-18-4-6-22(28)23(29)16-18)21-9-13-32(14-10-21)27(34)24-7-5-19-3-2-11-30-26(19)31-24/h2-7,11,16,20-21,25H,8-10,12-15,17H2,1H3/t20?,25-/m1/s1. The van der Waals surface area contributed by atoms with Gasteiger partial charge in [-0.1, -0.05) is 29.3 Å². The van der Waals surface area contributed by atoms with Crippen LogP contribution in [0.15, 0.2) is 48.7 Å². The lowest BCUT2D eigenvalue weighted by Gasteiger charge is -2.44. The van der Waals surface area contributed by atoms with Crippen LogP contribution in [0.5, 0.6) is 0 Å². The van der Waals surface area contributed by atoms with E-state index in [4.69, 9.17) is 27.9 Å². The second-order valence-corrected chi connectivity index (χ2v) is 10.4. The fourth-order valence-electron chi connectivity index (χ4n) is 5.46. The number of rotatable bonds is 5. The summed E-state index contributed by atoms with van der Waals surface area (Å²) in [4.78, 5) is 26.3. The van der Waals surface area contributed by atoms with Gasteiger partial charge in [0, 0.05) is 44.4 Å². The van der Waals surface area contributed by atoms with E-state index in [1.165, 1.54) is 5.56 Å². The van der Waals surface area contributed by atoms with Gasteiger partial charge in [-0.3, -0.25) is 9.69 Å². The molecule has 4 heterocycles. The molecule has 35 heavy (non-hydrogen) atoms. The van der Waals surface area contributed by atoms with E-state index in [1.54, 1.807) is 12.3 Å². The summed E-state index contributed by atoms with van der Waals surface area (Å²) in [6, 6.07) is 13.9. The second kappa shape index (κ2) is 10.8. The Morgan fingerprint density at radius 2 is 1.89 bits per heavy atom. The van der Waals surface area contributed by atoms with Crippen LogP contribution in [-0.4, -0.2) is 71.1 Å². The molecular formula is C27H30Cl2N4O2. The molecule has 2 saturated heterocycles. The summed E-state index contributed by atoms with van der Waals surface area (Å²) in [5.41, 5.74) is 2.28. The lowest BCUT2D eigenvalue weighted by atomic mass is 9.86. The number of methoxy groups -OCH3 is 1. The van der Waals surface area contributed by atoms with Crippen molar-refractivity contribution in [2.45, 2.75) is 37.8 Å². The van der Waals surface area contributed by atoms with Crippen molar-refractivity contribution in [3.05, 3.63) is 70.0 Å². The van der Waals surface area contributed by atoms with Crippen molar-refractivity contribution in [2.24, 2.45) is 5.92 Å². The molecule has 3 aromatic rings. The fourth-order valence-corrected chi connectivity index (χ4v) is 5.78. The maximum absolute atomic E-state index is 13.1. The Morgan fingerprint density at radius 1 is 1.06 bits per heavy atom. The molecule has 2 atom stereocenters. The van der Waals surface area contributed by atoms with Crippen molar-refractivity contribution in [1.29, 1.82) is 0 Å². The Kier molecular flexibility index (Phi) is 7.54. The number of benzene rings is 1. The van der Waals surface area contributed by atoms with E-state index in [0.29, 0.717) is 33.3 Å². The first kappa shape index (κ1) is 24.4. The minimum atomic E-state index is -0.00824. The Bertz CT molecular complexity index is 1200. The second-order valence-electron chi connectivity index (χ2n) is 9.54. The maximum atomic E-state index is 13.1. The number of aromatic nitrogens is 2. The summed E-state index contributed by atoms with van der Waals surface area (Å²) in [7, 11) is 1.81. The smallest absolute Gasteiger partial charge is 0.272 e. The van der Waals surface area contributed by atoms with Gasteiger partial charge in [0.2, 0.25) is 0 Å². The largest absolute Gasteiger partial charge is 0.380 e. The Hall–Kier alpha value is -2.25. The molecule has 1 unspecified atom stereocenters. The van der Waals surface area contributed by atoms with Gasteiger partial charge in [0.15, 0.2) is 5.65 Å². The first-order valence-electron chi connectivity index (χ1n) is 12.2. The normalized spacial score (nSPS) is 22.0. The van der Waals surface area contributed by atoms with Crippen LogP contribution in [0.25, 0.3) is 11.0 Å². The highest BCUT2D eigenvalue weighted by atomic mass is 35.5. The number of carbonyl (C=O) groups excluding carboxylic acids is 1. The maximum Gasteiger partial charge on any atom is 0.272 e. The Morgan fingerprint density at radius 3 is 2.66 bits per heavy atom. The van der Waals surface area contributed by atoms with Crippen molar-refractivity contribution >= 4 is 40.1 Å². The topological polar surface area (TPSA) is 58.6 Å². The molecule has 0 aliphatic carbocycles. The number of piperidine rings is 2. The quantitative estimate of drug-likeness (QED) is 0.474. The molecule has 0 radical (unpaired) electrons. The first-order chi connectivity index (χ1) is 17.0. The minimum absolute atomic E-state index is 0.00824. The van der Waals surface area contributed by atoms with E-state index in [9.17, 15) is 4.79 Å². The predicted molar refractivity (Wildman–Crippen MR) is 139 cm³/mol. The summed E-state index contributed by atoms with van der Waals surface area (Å²) in [5, 5.41) is 2.14. The molecule has 1 aromatic carbocycles. The van der Waals surface area contributed by atoms with Crippen LogP contribution in [-0.2, 0) is 11.2 Å². The highest BCUT2D eigenvalue weighted by Gasteiger charge is 2.35. The molecule has 0 spiro atoms. The summed E-state index contributed by atoms with van der Waals surface area (Å²) in [6.45, 7) is 3.44. The van der Waals surface area contributed by atoms with Gasteiger partial charge in [-0.2, -0.15) is 0 Å². The highest BCUT2D eigenvalue weighted by molar-refractivity contribution is 6.42. The van der Waals surface area contributed by atoms with Crippen molar-refractivity contribution in [2.75, 3.05) is 33.3 Å². The highest BCUT2D eigenvalue weighted by Crippen LogP contribution is 2.30. The number of amides is 1. The number of hydrogen-bond acceptors (Lipinski definition) is 5. The van der Waals surface area contributed by atoms with Crippen LogP contribution in [0, 0.1) is 5.92 Å². The van der Waals surface area contributed by atoms with E-state index >= 15 is 0 Å². The number of ether oxygens (including phenoxy) is 1. The van der Waals surface area contributed by atoms with Gasteiger partial charge in [0.1, 0.15) is 5.69 Å². The van der Waals surface area contributed by atoms with Gasteiger partial charge in [-0.05, 0) is 80.1 Å². The third-order valence-electron chi connectivity index (χ3n) is 7.46. The molecule has 184 valence electrons. The van der Waals surface area contributed by atoms with Crippen LogP contribution in [0.4, 0.5) is 0 Å². The van der Waals surface area contributed by atoms with Crippen LogP contribution >= 0.6 is 23.2 Å². The number of carbonyl (C=O) groups is 1. The minimum Gasteiger partial charge on any atom is -0.380 e. The van der Waals surface area contributed by atoms with Crippen LogP contribution in [0.1, 0.15) is 35.3 Å². The number of fused-ring (bicyclic) bond motifs is 1. The molecule has 2 aliphatic rings. The number of likely N-dealkylation sites (tertiary alicyclic amines) is 2. The van der Waals surface area contributed by atoms with Gasteiger partial charge in [0.05, 0.1) is 16.1 Å².